The molecule has 0 amide bonds. The molecule has 0 saturated heterocycles. The third kappa shape index (κ3) is 14.4. The van der Waals surface area contributed by atoms with E-state index in [9.17, 15) is 0 Å². The average Bonchev–Trinajstić information content (AvgIpc) is 1.49. The normalized spacial score (nSPS) is 12.7. The van der Waals surface area contributed by atoms with Crippen LogP contribution in [0.2, 0.25) is 0 Å². The van der Waals surface area contributed by atoms with Crippen molar-refractivity contribution in [3.63, 3.8) is 0 Å². The highest BCUT2D eigenvalue weighted by atomic mass is 16.3. The molecule has 0 bridgehead atoms. The molecule has 0 spiro atoms. The van der Waals surface area contributed by atoms with Gasteiger partial charge in [0.25, 0.3) is 0 Å². The van der Waals surface area contributed by atoms with E-state index in [2.05, 4.69) is 545 Å². The van der Waals surface area contributed by atoms with Crippen LogP contribution in [0.3, 0.4) is 0 Å². The zero-order chi connectivity index (χ0) is 98.4. The Morgan fingerprint density at radius 2 is 0.385 bits per heavy atom. The van der Waals surface area contributed by atoms with Crippen molar-refractivity contribution in [3.05, 3.63) is 544 Å². The number of anilines is 12. The number of benzene rings is 25. The lowest BCUT2D eigenvalue weighted by Crippen LogP contribution is -2.17. The predicted molar refractivity (Wildman–Crippen MR) is 626 cm³/mol. The Hall–Kier alpha value is -18.9. The van der Waals surface area contributed by atoms with Gasteiger partial charge in [-0.2, -0.15) is 0 Å². The van der Waals surface area contributed by atoms with Crippen LogP contribution in [-0.2, 0) is 10.8 Å². The second-order valence-corrected chi connectivity index (χ2v) is 40.5. The zero-order valence-corrected chi connectivity index (χ0v) is 82.3. The molecule has 2 aliphatic rings. The summed E-state index contributed by atoms with van der Waals surface area (Å²) in [4.78, 5) is 9.68. The van der Waals surface area contributed by atoms with Gasteiger partial charge in [-0.1, -0.05) is 398 Å². The quantitative estimate of drug-likeness (QED) is 0.0898. The van der Waals surface area contributed by atoms with Gasteiger partial charge >= 0.3 is 0 Å². The van der Waals surface area contributed by atoms with Crippen molar-refractivity contribution in [1.82, 2.24) is 0 Å². The Balaban J connectivity index is 0.000000143. The summed E-state index contributed by atoms with van der Waals surface area (Å²) in [6, 6.07) is 191. The largest absolute Gasteiger partial charge is 0.455 e. The SMILES string of the molecule is CC1(C)c2cc(N(c3ccc(-c4ccc(-c5cccc6c5oc5ccccc56)cc4)cc3)c3ccc4c5ccccc5c5ccccc5c4c3)ccc2-c2ccc(N(c3ccccc3)c3cccc4ccccc34)cc21.CC1(C)c2cc(N(c3ccccc3)c3ccccc3)ccc2-c2ccc(N(c3ccc(-c4ccc(-c5cccc6c5oc5ccccc56)cc4)cc3)c3ccc4c5ccccc5c5ccccc5c4c3)cc21. The van der Waals surface area contributed by atoms with Crippen LogP contribution in [0.5, 0.6) is 0 Å². The van der Waals surface area contributed by atoms with Crippen molar-refractivity contribution in [2.75, 3.05) is 19.6 Å². The molecule has 0 N–H and O–H groups in total. The molecule has 2 aromatic heterocycles. The van der Waals surface area contributed by atoms with Gasteiger partial charge in [0.2, 0.25) is 0 Å². The smallest absolute Gasteiger partial charge is 0.143 e. The van der Waals surface area contributed by atoms with Gasteiger partial charge in [0.1, 0.15) is 22.3 Å². The molecule has 2 aliphatic carbocycles. The van der Waals surface area contributed by atoms with Gasteiger partial charge in [0, 0.05) is 111 Å². The molecule has 27 aromatic rings. The van der Waals surface area contributed by atoms with E-state index in [1.807, 2.05) is 24.3 Å². The maximum absolute atomic E-state index is 6.43. The topological polar surface area (TPSA) is 39.2 Å². The Bertz CT molecular complexity index is 9870. The van der Waals surface area contributed by atoms with Crippen LogP contribution in [0.4, 0.5) is 68.2 Å². The van der Waals surface area contributed by atoms with Gasteiger partial charge in [0.15, 0.2) is 0 Å². The number of hydrogen-bond acceptors (Lipinski definition) is 6. The van der Waals surface area contributed by atoms with Crippen LogP contribution in [0.15, 0.2) is 531 Å². The first-order valence-corrected chi connectivity index (χ1v) is 51.2. The molecule has 698 valence electrons. The minimum absolute atomic E-state index is 0.272. The third-order valence-corrected chi connectivity index (χ3v) is 31.5. The Morgan fingerprint density at radius 1 is 0.149 bits per heavy atom. The third-order valence-electron chi connectivity index (χ3n) is 31.5. The van der Waals surface area contributed by atoms with Crippen molar-refractivity contribution in [1.29, 1.82) is 0 Å². The van der Waals surface area contributed by atoms with E-state index in [1.54, 1.807) is 0 Å². The molecular formula is C142H98N4O2. The van der Waals surface area contributed by atoms with E-state index < -0.39 is 0 Å². The molecule has 0 fully saturated rings. The number of furan rings is 2. The average molecular weight is 1890 g/mol. The molecule has 0 atom stereocenters. The highest BCUT2D eigenvalue weighted by Crippen LogP contribution is 2.57. The summed E-state index contributed by atoms with van der Waals surface area (Å²) < 4.78 is 12.8. The summed E-state index contributed by atoms with van der Waals surface area (Å²) in [6.07, 6.45) is 0. The highest BCUT2D eigenvalue weighted by molar-refractivity contribution is 6.28. The first kappa shape index (κ1) is 87.0. The van der Waals surface area contributed by atoms with Crippen molar-refractivity contribution < 1.29 is 8.83 Å². The number of hydrogen-bond donors (Lipinski definition) is 0. The molecule has 29 rings (SSSR count). The molecule has 0 radical (unpaired) electrons. The summed E-state index contributed by atoms with van der Waals surface area (Å²) in [5.41, 5.74) is 36.0. The van der Waals surface area contributed by atoms with Gasteiger partial charge in [0.05, 0.1) is 5.69 Å². The van der Waals surface area contributed by atoms with E-state index in [1.165, 1.54) is 120 Å². The van der Waals surface area contributed by atoms with Gasteiger partial charge < -0.3 is 28.4 Å². The van der Waals surface area contributed by atoms with Crippen LogP contribution < -0.4 is 19.6 Å². The number of nitrogens with zero attached hydrogens (tertiary/aromatic N) is 4. The Morgan fingerprint density at radius 3 is 0.750 bits per heavy atom. The lowest BCUT2D eigenvalue weighted by Gasteiger charge is -2.30. The second-order valence-electron chi connectivity index (χ2n) is 40.5. The van der Waals surface area contributed by atoms with Gasteiger partial charge in [-0.3, -0.25) is 0 Å². The zero-order valence-electron chi connectivity index (χ0n) is 82.3. The van der Waals surface area contributed by atoms with E-state index in [4.69, 9.17) is 8.83 Å². The number of para-hydroxylation sites is 7. The second kappa shape index (κ2) is 35.0. The number of rotatable bonds is 16. The van der Waals surface area contributed by atoms with Crippen molar-refractivity contribution in [2.45, 2.75) is 38.5 Å². The molecule has 6 heteroatoms. The summed E-state index contributed by atoms with van der Waals surface area (Å²) >= 11 is 0. The fourth-order valence-corrected chi connectivity index (χ4v) is 24.2. The van der Waals surface area contributed by atoms with Crippen LogP contribution in [0.25, 0.3) is 186 Å². The van der Waals surface area contributed by atoms with Crippen molar-refractivity contribution >= 4 is 188 Å². The Kier molecular flexibility index (Phi) is 20.6. The monoisotopic (exact) mass is 1890 g/mol. The summed E-state index contributed by atoms with van der Waals surface area (Å²) in [7, 11) is 0. The standard InChI is InChI=1S/C73H50N2O.C69H48N2O/c1-73(2)68-45-54(39-42-63(68)64-43-40-55(46-69(64)73)75(51-18-4-3-5-19-51)70-28-14-17-49-16-6-7-20-56(49)70)74(53-38-41-62-60-23-9-8-21-58(60)59-22-10-11-24-61(59)67(62)44-53)52-36-34-48(35-37-52)47-30-32-50(33-31-47)57-26-15-27-66-65-25-12-13-29-71(65)76-72(57)66;1-69(2)65-43-52(70(48-16-5-3-6-17-48)49-18-7-4-8-19-49)37-40-60(65)61-41-38-53(44-66(61)69)71(51-36-39-59-57-22-10-9-20-55(57)56-21-11-12-23-58(56)64(59)42-51)50-34-32-46(33-35-50)45-28-30-47(31-29-45)54-25-15-26-63-62-24-13-14-27-67(62)72-68(54)63/h3-46H,1-2H3;3-44H,1-2H3. The highest BCUT2D eigenvalue weighted by Gasteiger charge is 2.40. The van der Waals surface area contributed by atoms with Crippen molar-refractivity contribution in [2.24, 2.45) is 0 Å². The number of fused-ring (bicyclic) bond motifs is 25. The molecular weight excluding hydrogens is 1790 g/mol. The molecule has 0 saturated carbocycles. The lowest BCUT2D eigenvalue weighted by molar-refractivity contribution is 0.660. The van der Waals surface area contributed by atoms with Gasteiger partial charge in [-0.15, -0.1) is 0 Å². The summed E-state index contributed by atoms with van der Waals surface area (Å²) in [6.45, 7) is 9.56. The minimum atomic E-state index is -0.298. The van der Waals surface area contributed by atoms with Crippen LogP contribution >= 0.6 is 0 Å². The molecule has 148 heavy (non-hydrogen) atoms. The van der Waals surface area contributed by atoms with Crippen LogP contribution in [0.1, 0.15) is 49.9 Å². The Labute approximate surface area is 859 Å². The molecule has 25 aromatic carbocycles. The lowest BCUT2D eigenvalue weighted by atomic mass is 9.82. The molecule has 0 unspecified atom stereocenters. The van der Waals surface area contributed by atoms with Crippen LogP contribution in [0, 0.1) is 0 Å². The van der Waals surface area contributed by atoms with Crippen LogP contribution in [-0.4, -0.2) is 0 Å². The maximum atomic E-state index is 6.43. The molecule has 6 nitrogen and oxygen atoms in total. The van der Waals surface area contributed by atoms with Gasteiger partial charge in [-0.05, 0) is 300 Å². The maximum Gasteiger partial charge on any atom is 0.143 e. The van der Waals surface area contributed by atoms with E-state index in [0.717, 1.165) is 157 Å². The molecule has 0 aliphatic heterocycles. The summed E-state index contributed by atoms with van der Waals surface area (Å²) in [5.74, 6) is 0. The molecule has 2 heterocycles. The summed E-state index contributed by atoms with van der Waals surface area (Å²) in [5, 5.41) is 22.1. The fourth-order valence-electron chi connectivity index (χ4n) is 24.2. The predicted octanol–water partition coefficient (Wildman–Crippen LogP) is 40.4. The van der Waals surface area contributed by atoms with E-state index in [-0.39, 0.29) is 10.8 Å². The minimum Gasteiger partial charge on any atom is -0.455 e. The first-order chi connectivity index (χ1) is 72.9. The van der Waals surface area contributed by atoms with E-state index >= 15 is 0 Å². The van der Waals surface area contributed by atoms with E-state index in [0.29, 0.717) is 0 Å². The van der Waals surface area contributed by atoms with Gasteiger partial charge in [-0.25, -0.2) is 0 Å². The first-order valence-electron chi connectivity index (χ1n) is 51.2. The fraction of sp³-hybridized carbons (Fsp3) is 0.0423. The van der Waals surface area contributed by atoms with Crippen molar-refractivity contribution in [3.8, 4) is 66.8 Å².